The summed E-state index contributed by atoms with van der Waals surface area (Å²) in [4.78, 5) is 59.8. The monoisotopic (exact) mass is 583 g/mol. The van der Waals surface area contributed by atoms with Crippen LogP contribution in [0.3, 0.4) is 0 Å². The lowest BCUT2D eigenvalue weighted by atomic mass is 10.0. The van der Waals surface area contributed by atoms with Crippen molar-refractivity contribution in [3.63, 3.8) is 0 Å². The number of carbonyl (C=O) groups is 4. The molecular formula is C29H35F2N7O4. The molecule has 0 bridgehead atoms. The van der Waals surface area contributed by atoms with E-state index in [-0.39, 0.29) is 35.8 Å². The SMILES string of the molecule is CC(C)(C)N1CCN(C(=O)CCC(=O)Nc2ccc3nccc(C(=O)NCC(=O)N4CC(F)(F)C[C@H]4C#N)c3c2)CC1. The van der Waals surface area contributed by atoms with Crippen molar-refractivity contribution in [2.24, 2.45) is 0 Å². The van der Waals surface area contributed by atoms with Crippen molar-refractivity contribution in [2.75, 3.05) is 44.6 Å². The number of rotatable bonds is 7. The molecule has 0 saturated carbocycles. The van der Waals surface area contributed by atoms with E-state index in [1.165, 1.54) is 12.3 Å². The number of aromatic nitrogens is 1. The smallest absolute Gasteiger partial charge is 0.268 e. The van der Waals surface area contributed by atoms with E-state index in [0.717, 1.165) is 18.0 Å². The predicted octanol–water partition coefficient (Wildman–Crippen LogP) is 2.39. The Bertz CT molecular complexity index is 1410. The number of nitrogens with zero attached hydrogens (tertiary/aromatic N) is 5. The minimum absolute atomic E-state index is 0.00190. The molecule has 13 heteroatoms. The van der Waals surface area contributed by atoms with Crippen LogP contribution < -0.4 is 10.6 Å². The molecule has 0 radical (unpaired) electrons. The number of alkyl halides is 2. The van der Waals surface area contributed by atoms with Crippen LogP contribution in [0.5, 0.6) is 0 Å². The van der Waals surface area contributed by atoms with Gasteiger partial charge in [0.1, 0.15) is 6.04 Å². The Hall–Kier alpha value is -4.18. The van der Waals surface area contributed by atoms with E-state index in [0.29, 0.717) is 29.7 Å². The molecule has 2 aromatic rings. The standard InChI is InChI=1S/C29H35F2N7O4/c1-28(2,3)37-12-10-36(11-13-37)25(40)7-6-24(39)35-19-4-5-23-22(14-19)21(8-9-33-23)27(42)34-17-26(41)38-18-29(30,31)15-20(38)16-32/h4-5,8-9,14,20H,6-7,10-13,15,17-18H2,1-3H3,(H,34,42)(H,35,39)/t20-/m0/s1. The lowest BCUT2D eigenvalue weighted by Crippen LogP contribution is -2.54. The number of amides is 4. The zero-order valence-corrected chi connectivity index (χ0v) is 24.0. The number of piperazine rings is 1. The van der Waals surface area contributed by atoms with E-state index < -0.39 is 43.3 Å². The molecule has 2 saturated heterocycles. The van der Waals surface area contributed by atoms with Crippen LogP contribution >= 0.6 is 0 Å². The Morgan fingerprint density at radius 3 is 2.45 bits per heavy atom. The maximum absolute atomic E-state index is 13.7. The van der Waals surface area contributed by atoms with Crippen molar-refractivity contribution >= 4 is 40.2 Å². The van der Waals surface area contributed by atoms with Gasteiger partial charge in [0, 0.05) is 68.3 Å². The Kier molecular flexibility index (Phi) is 9.06. The first-order valence-electron chi connectivity index (χ1n) is 13.8. The van der Waals surface area contributed by atoms with Gasteiger partial charge in [-0.05, 0) is 45.0 Å². The highest BCUT2D eigenvalue weighted by molar-refractivity contribution is 6.08. The molecule has 1 atom stereocenters. The minimum atomic E-state index is -3.16. The third kappa shape index (κ3) is 7.36. The minimum Gasteiger partial charge on any atom is -0.343 e. The molecule has 2 aliphatic heterocycles. The first kappa shape index (κ1) is 30.8. The fourth-order valence-electron chi connectivity index (χ4n) is 5.20. The average Bonchev–Trinajstić information content (AvgIpc) is 3.28. The number of carbonyl (C=O) groups excluding carboxylic acids is 4. The number of benzene rings is 1. The average molecular weight is 584 g/mol. The molecular weight excluding hydrogens is 548 g/mol. The number of likely N-dealkylation sites (tertiary alicyclic amines) is 1. The van der Waals surface area contributed by atoms with Gasteiger partial charge in [0.2, 0.25) is 17.7 Å². The fraction of sp³-hybridized carbons (Fsp3) is 0.517. The summed E-state index contributed by atoms with van der Waals surface area (Å²) in [6, 6.07) is 6.70. The normalized spacial score (nSPS) is 18.9. The second kappa shape index (κ2) is 12.4. The number of pyridine rings is 1. The maximum atomic E-state index is 13.7. The lowest BCUT2D eigenvalue weighted by Gasteiger charge is -2.42. The number of nitrogens with one attached hydrogen (secondary N) is 2. The van der Waals surface area contributed by atoms with Crippen LogP contribution in [0, 0.1) is 11.3 Å². The van der Waals surface area contributed by atoms with Gasteiger partial charge < -0.3 is 20.4 Å². The van der Waals surface area contributed by atoms with E-state index in [1.807, 2.05) is 0 Å². The number of anilines is 1. The molecule has 42 heavy (non-hydrogen) atoms. The zero-order valence-electron chi connectivity index (χ0n) is 24.0. The third-order valence-corrected chi connectivity index (χ3v) is 7.56. The highest BCUT2D eigenvalue weighted by atomic mass is 19.3. The van der Waals surface area contributed by atoms with Gasteiger partial charge in [-0.15, -0.1) is 0 Å². The summed E-state index contributed by atoms with van der Waals surface area (Å²) >= 11 is 0. The molecule has 2 fully saturated rings. The highest BCUT2D eigenvalue weighted by Crippen LogP contribution is 2.31. The Labute approximate surface area is 242 Å². The fourth-order valence-corrected chi connectivity index (χ4v) is 5.20. The molecule has 0 unspecified atom stereocenters. The Balaban J connectivity index is 1.33. The Morgan fingerprint density at radius 1 is 1.07 bits per heavy atom. The van der Waals surface area contributed by atoms with Crippen molar-refractivity contribution in [3.05, 3.63) is 36.0 Å². The summed E-state index contributed by atoms with van der Waals surface area (Å²) in [5.41, 5.74) is 1.06. The van der Waals surface area contributed by atoms with Crippen molar-refractivity contribution in [2.45, 2.75) is 57.5 Å². The van der Waals surface area contributed by atoms with Crippen LogP contribution in [0.1, 0.15) is 50.4 Å². The summed E-state index contributed by atoms with van der Waals surface area (Å²) in [5, 5.41) is 14.7. The van der Waals surface area contributed by atoms with Crippen molar-refractivity contribution in [1.82, 2.24) is 25.0 Å². The topological polar surface area (TPSA) is 139 Å². The van der Waals surface area contributed by atoms with Crippen LogP contribution in [-0.2, 0) is 14.4 Å². The van der Waals surface area contributed by atoms with Crippen molar-refractivity contribution in [1.29, 1.82) is 5.26 Å². The van der Waals surface area contributed by atoms with Gasteiger partial charge in [-0.25, -0.2) is 8.78 Å². The molecule has 3 heterocycles. The largest absolute Gasteiger partial charge is 0.343 e. The zero-order chi connectivity index (χ0) is 30.7. The number of hydrogen-bond acceptors (Lipinski definition) is 7. The van der Waals surface area contributed by atoms with Gasteiger partial charge in [-0.2, -0.15) is 5.26 Å². The summed E-state index contributed by atoms with van der Waals surface area (Å²) in [6.45, 7) is 7.79. The molecule has 11 nitrogen and oxygen atoms in total. The van der Waals surface area contributed by atoms with Gasteiger partial charge in [-0.3, -0.25) is 29.1 Å². The molecule has 2 N–H and O–H groups in total. The number of nitriles is 1. The predicted molar refractivity (Wildman–Crippen MR) is 151 cm³/mol. The molecule has 1 aromatic heterocycles. The Morgan fingerprint density at radius 2 is 1.79 bits per heavy atom. The molecule has 4 rings (SSSR count). The van der Waals surface area contributed by atoms with E-state index in [1.54, 1.807) is 29.2 Å². The summed E-state index contributed by atoms with van der Waals surface area (Å²) < 4.78 is 27.4. The van der Waals surface area contributed by atoms with E-state index >= 15 is 0 Å². The maximum Gasteiger partial charge on any atom is 0.268 e. The molecule has 224 valence electrons. The molecule has 0 spiro atoms. The first-order valence-corrected chi connectivity index (χ1v) is 13.8. The van der Waals surface area contributed by atoms with Crippen LogP contribution in [0.25, 0.3) is 10.9 Å². The van der Waals surface area contributed by atoms with Gasteiger partial charge in [0.25, 0.3) is 11.8 Å². The molecule has 1 aromatic carbocycles. The second-order valence-corrected chi connectivity index (χ2v) is 11.6. The third-order valence-electron chi connectivity index (χ3n) is 7.56. The molecule has 2 aliphatic rings. The second-order valence-electron chi connectivity index (χ2n) is 11.6. The van der Waals surface area contributed by atoms with Crippen LogP contribution in [-0.4, -0.2) is 100 Å². The first-order chi connectivity index (χ1) is 19.8. The quantitative estimate of drug-likeness (QED) is 0.510. The summed E-state index contributed by atoms with van der Waals surface area (Å²) in [5.74, 6) is -5.02. The summed E-state index contributed by atoms with van der Waals surface area (Å²) in [7, 11) is 0. The van der Waals surface area contributed by atoms with Gasteiger partial charge in [-0.1, -0.05) is 0 Å². The summed E-state index contributed by atoms with van der Waals surface area (Å²) in [6.07, 6.45) is 0.748. The number of fused-ring (bicyclic) bond motifs is 1. The van der Waals surface area contributed by atoms with Gasteiger partial charge in [0.05, 0.1) is 30.2 Å². The van der Waals surface area contributed by atoms with Gasteiger partial charge in [0.15, 0.2) is 0 Å². The molecule has 4 amide bonds. The van der Waals surface area contributed by atoms with E-state index in [2.05, 4.69) is 41.3 Å². The highest BCUT2D eigenvalue weighted by Gasteiger charge is 2.47. The van der Waals surface area contributed by atoms with E-state index in [9.17, 15) is 28.0 Å². The van der Waals surface area contributed by atoms with Crippen molar-refractivity contribution in [3.8, 4) is 6.07 Å². The number of hydrogen-bond donors (Lipinski definition) is 2. The van der Waals surface area contributed by atoms with E-state index in [4.69, 9.17) is 5.26 Å². The van der Waals surface area contributed by atoms with Crippen LogP contribution in [0.2, 0.25) is 0 Å². The van der Waals surface area contributed by atoms with Gasteiger partial charge >= 0.3 is 0 Å². The molecule has 0 aliphatic carbocycles. The number of halogens is 2. The van der Waals surface area contributed by atoms with Crippen molar-refractivity contribution < 1.29 is 28.0 Å². The van der Waals surface area contributed by atoms with Crippen LogP contribution in [0.4, 0.5) is 14.5 Å². The van der Waals surface area contributed by atoms with Crippen LogP contribution in [0.15, 0.2) is 30.5 Å². The lowest BCUT2D eigenvalue weighted by molar-refractivity contribution is -0.135.